The summed E-state index contributed by atoms with van der Waals surface area (Å²) >= 11 is 0. The molecule has 0 aromatic rings. The van der Waals surface area contributed by atoms with Crippen LogP contribution in [-0.2, 0) is 4.74 Å². The molecule has 14 heavy (non-hydrogen) atoms. The van der Waals surface area contributed by atoms with Crippen LogP contribution in [-0.4, -0.2) is 42.8 Å². The second kappa shape index (κ2) is 3.77. The molecule has 2 aliphatic heterocycles. The van der Waals surface area contributed by atoms with E-state index in [0.29, 0.717) is 12.0 Å². The molecule has 0 aliphatic carbocycles. The maximum Gasteiger partial charge on any atom is 0.410 e. The van der Waals surface area contributed by atoms with Crippen molar-refractivity contribution in [3.63, 3.8) is 0 Å². The number of hydrogen-bond donors (Lipinski definition) is 1. The van der Waals surface area contributed by atoms with Gasteiger partial charge in [0, 0.05) is 13.1 Å². The summed E-state index contributed by atoms with van der Waals surface area (Å²) in [7, 11) is 0. The van der Waals surface area contributed by atoms with Crippen LogP contribution >= 0.6 is 0 Å². The Hall–Kier alpha value is -0.770. The molecule has 0 radical (unpaired) electrons. The average Bonchev–Trinajstić information content (AvgIpc) is 2.43. The number of carbonyl (C=O) groups is 1. The van der Waals surface area contributed by atoms with Crippen LogP contribution in [0.25, 0.3) is 0 Å². The summed E-state index contributed by atoms with van der Waals surface area (Å²) in [5.74, 6) is 0.510. The molecule has 2 unspecified atom stereocenters. The van der Waals surface area contributed by atoms with Gasteiger partial charge in [-0.1, -0.05) is 13.8 Å². The van der Waals surface area contributed by atoms with Crippen LogP contribution in [0.1, 0.15) is 20.3 Å². The fourth-order valence-electron chi connectivity index (χ4n) is 2.23. The van der Waals surface area contributed by atoms with E-state index in [9.17, 15) is 4.79 Å². The van der Waals surface area contributed by atoms with Crippen molar-refractivity contribution in [3.05, 3.63) is 0 Å². The third-order valence-corrected chi connectivity index (χ3v) is 2.84. The predicted octanol–water partition coefficient (Wildman–Crippen LogP) is 0.825. The molecule has 0 aromatic heterocycles. The first-order valence-electron chi connectivity index (χ1n) is 5.36. The molecule has 80 valence electrons. The lowest BCUT2D eigenvalue weighted by Crippen LogP contribution is -2.48. The van der Waals surface area contributed by atoms with Gasteiger partial charge >= 0.3 is 6.09 Å². The summed E-state index contributed by atoms with van der Waals surface area (Å²) in [5.41, 5.74) is 0. The van der Waals surface area contributed by atoms with Crippen LogP contribution in [0.3, 0.4) is 0 Å². The first-order chi connectivity index (χ1) is 6.68. The number of nitrogens with one attached hydrogen (secondary N) is 1. The molecular weight excluding hydrogens is 180 g/mol. The second-order valence-electron chi connectivity index (χ2n) is 4.53. The van der Waals surface area contributed by atoms with Gasteiger partial charge in [0.1, 0.15) is 6.10 Å². The van der Waals surface area contributed by atoms with Gasteiger partial charge in [0.2, 0.25) is 0 Å². The Balaban J connectivity index is 2.04. The minimum absolute atomic E-state index is 0.0787. The fraction of sp³-hybridized carbons (Fsp3) is 0.900. The standard InChI is InChI=1S/C10H18N2O2/c1-7(2)6-12-8-3-4-11-5-9(8)14-10(12)13/h7-9,11H,3-6H2,1-2H3. The van der Waals surface area contributed by atoms with Gasteiger partial charge in [0.15, 0.2) is 0 Å². The smallest absolute Gasteiger partial charge is 0.410 e. The van der Waals surface area contributed by atoms with E-state index in [1.54, 1.807) is 0 Å². The van der Waals surface area contributed by atoms with Crippen LogP contribution in [0.15, 0.2) is 0 Å². The van der Waals surface area contributed by atoms with Gasteiger partial charge in [-0.3, -0.25) is 0 Å². The van der Waals surface area contributed by atoms with Crippen LogP contribution in [0.2, 0.25) is 0 Å². The average molecular weight is 198 g/mol. The van der Waals surface area contributed by atoms with Crippen molar-refractivity contribution in [2.45, 2.75) is 32.4 Å². The molecule has 2 heterocycles. The van der Waals surface area contributed by atoms with Crippen molar-refractivity contribution >= 4 is 6.09 Å². The van der Waals surface area contributed by atoms with E-state index in [4.69, 9.17) is 4.74 Å². The van der Waals surface area contributed by atoms with E-state index >= 15 is 0 Å². The van der Waals surface area contributed by atoms with E-state index < -0.39 is 0 Å². The molecule has 0 bridgehead atoms. The summed E-state index contributed by atoms with van der Waals surface area (Å²) in [5, 5.41) is 3.25. The van der Waals surface area contributed by atoms with Crippen molar-refractivity contribution in [1.29, 1.82) is 0 Å². The van der Waals surface area contributed by atoms with Crippen LogP contribution in [0.5, 0.6) is 0 Å². The molecule has 2 atom stereocenters. The van der Waals surface area contributed by atoms with Gasteiger partial charge in [0.25, 0.3) is 0 Å². The summed E-state index contributed by atoms with van der Waals surface area (Å²) in [6.45, 7) is 6.88. The third kappa shape index (κ3) is 1.71. The molecule has 2 aliphatic rings. The van der Waals surface area contributed by atoms with Crippen LogP contribution in [0, 0.1) is 5.92 Å². The van der Waals surface area contributed by atoms with Crippen molar-refractivity contribution in [1.82, 2.24) is 10.2 Å². The summed E-state index contributed by atoms with van der Waals surface area (Å²) in [6, 6.07) is 0.311. The van der Waals surface area contributed by atoms with Crippen LogP contribution < -0.4 is 5.32 Å². The van der Waals surface area contributed by atoms with E-state index in [1.165, 1.54) is 0 Å². The molecule has 2 fully saturated rings. The Morgan fingerprint density at radius 3 is 3.14 bits per heavy atom. The van der Waals surface area contributed by atoms with Gasteiger partial charge < -0.3 is 15.0 Å². The number of ether oxygens (including phenoxy) is 1. The first-order valence-corrected chi connectivity index (χ1v) is 5.36. The van der Waals surface area contributed by atoms with Gasteiger partial charge in [-0.05, 0) is 18.9 Å². The van der Waals surface area contributed by atoms with Gasteiger partial charge in [-0.15, -0.1) is 0 Å². The zero-order valence-corrected chi connectivity index (χ0v) is 8.82. The molecule has 2 saturated heterocycles. The van der Waals surface area contributed by atoms with Gasteiger partial charge in [-0.2, -0.15) is 0 Å². The lowest BCUT2D eigenvalue weighted by Gasteiger charge is -2.29. The van der Waals surface area contributed by atoms with Gasteiger partial charge in [0.05, 0.1) is 6.04 Å². The number of rotatable bonds is 2. The number of amides is 1. The molecule has 2 rings (SSSR count). The largest absolute Gasteiger partial charge is 0.443 e. The lowest BCUT2D eigenvalue weighted by molar-refractivity contribution is 0.121. The van der Waals surface area contributed by atoms with E-state index in [1.807, 2.05) is 4.90 Å². The van der Waals surface area contributed by atoms with Crippen molar-refractivity contribution in [2.75, 3.05) is 19.6 Å². The van der Waals surface area contributed by atoms with E-state index in [2.05, 4.69) is 19.2 Å². The molecular formula is C10H18N2O2. The maximum atomic E-state index is 11.6. The Morgan fingerprint density at radius 1 is 1.64 bits per heavy atom. The Labute approximate surface area is 84.6 Å². The minimum Gasteiger partial charge on any atom is -0.443 e. The Morgan fingerprint density at radius 2 is 2.43 bits per heavy atom. The number of fused-ring (bicyclic) bond motifs is 1. The highest BCUT2D eigenvalue weighted by atomic mass is 16.6. The summed E-state index contributed by atoms with van der Waals surface area (Å²) < 4.78 is 5.30. The predicted molar refractivity (Wildman–Crippen MR) is 53.1 cm³/mol. The molecule has 0 spiro atoms. The third-order valence-electron chi connectivity index (χ3n) is 2.84. The lowest BCUT2D eigenvalue weighted by atomic mass is 10.0. The number of nitrogens with zero attached hydrogens (tertiary/aromatic N) is 1. The SMILES string of the molecule is CC(C)CN1C(=O)OC2CNCCC21. The highest BCUT2D eigenvalue weighted by Gasteiger charge is 2.42. The monoisotopic (exact) mass is 198 g/mol. The molecule has 0 aromatic carbocycles. The fourth-order valence-corrected chi connectivity index (χ4v) is 2.23. The molecule has 0 saturated carbocycles. The normalized spacial score (nSPS) is 31.9. The maximum absolute atomic E-state index is 11.6. The molecule has 4 nitrogen and oxygen atoms in total. The quantitative estimate of drug-likeness (QED) is 0.714. The highest BCUT2D eigenvalue weighted by Crippen LogP contribution is 2.24. The zero-order valence-electron chi connectivity index (χ0n) is 8.82. The molecule has 1 amide bonds. The Kier molecular flexibility index (Phi) is 2.63. The van der Waals surface area contributed by atoms with Crippen molar-refractivity contribution in [2.24, 2.45) is 5.92 Å². The summed E-state index contributed by atoms with van der Waals surface area (Å²) in [4.78, 5) is 13.5. The number of piperidine rings is 1. The van der Waals surface area contributed by atoms with Crippen LogP contribution in [0.4, 0.5) is 4.79 Å². The minimum atomic E-state index is -0.127. The molecule has 4 heteroatoms. The topological polar surface area (TPSA) is 41.6 Å². The second-order valence-corrected chi connectivity index (χ2v) is 4.53. The summed E-state index contributed by atoms with van der Waals surface area (Å²) in [6.07, 6.45) is 0.968. The number of carbonyl (C=O) groups excluding carboxylic acids is 1. The van der Waals surface area contributed by atoms with Gasteiger partial charge in [-0.25, -0.2) is 4.79 Å². The zero-order chi connectivity index (χ0) is 10.1. The molecule has 1 N–H and O–H groups in total. The van der Waals surface area contributed by atoms with Crippen molar-refractivity contribution < 1.29 is 9.53 Å². The van der Waals surface area contributed by atoms with Crippen molar-refractivity contribution in [3.8, 4) is 0 Å². The van der Waals surface area contributed by atoms with E-state index in [0.717, 1.165) is 26.1 Å². The highest BCUT2D eigenvalue weighted by molar-refractivity contribution is 5.70. The Bertz CT molecular complexity index is 230. The van der Waals surface area contributed by atoms with E-state index in [-0.39, 0.29) is 12.2 Å². The first kappa shape index (κ1) is 9.77. The number of hydrogen-bond acceptors (Lipinski definition) is 3.